The first-order valence-corrected chi connectivity index (χ1v) is 11.9. The second-order valence-electron chi connectivity index (χ2n) is 9.24. The number of hydrogen-bond acceptors (Lipinski definition) is 1. The summed E-state index contributed by atoms with van der Waals surface area (Å²) in [4.78, 5) is 0. The molecule has 0 radical (unpaired) electrons. The Morgan fingerprint density at radius 1 is 0.441 bits per heavy atom. The molecule has 0 aliphatic heterocycles. The number of rotatable bonds is 4. The van der Waals surface area contributed by atoms with Crippen LogP contribution in [0.25, 0.3) is 55.3 Å². The highest BCUT2D eigenvalue weighted by Crippen LogP contribution is 2.33. The van der Waals surface area contributed by atoms with Gasteiger partial charge in [-0.3, -0.25) is 0 Å². The van der Waals surface area contributed by atoms with E-state index in [9.17, 15) is 0 Å². The normalized spacial score (nSPS) is 11.5. The summed E-state index contributed by atoms with van der Waals surface area (Å²) in [5.41, 5.74) is 10.6. The van der Waals surface area contributed by atoms with Crippen LogP contribution in [0.15, 0.2) is 120 Å². The van der Waals surface area contributed by atoms with Crippen LogP contribution in [0.2, 0.25) is 0 Å². The molecule has 0 fully saturated rings. The Labute approximate surface area is 200 Å². The van der Waals surface area contributed by atoms with E-state index < -0.39 is 0 Å². The third-order valence-corrected chi connectivity index (χ3v) is 6.70. The van der Waals surface area contributed by atoms with Crippen molar-refractivity contribution in [2.45, 2.75) is 19.8 Å². The van der Waals surface area contributed by atoms with Crippen molar-refractivity contribution in [2.75, 3.05) is 0 Å². The van der Waals surface area contributed by atoms with Gasteiger partial charge in [-0.1, -0.05) is 105 Å². The Hall–Kier alpha value is -4.10. The molecule has 5 aromatic carbocycles. The SMILES string of the molecule is CC(C)c1ccc(-c2cccc(-c3ccc(-c4ccc5oc6ccccc6c5c4)cc3)c2)cc1. The molecule has 0 spiro atoms. The summed E-state index contributed by atoms with van der Waals surface area (Å²) in [6, 6.07) is 41.3. The Balaban J connectivity index is 1.31. The van der Waals surface area contributed by atoms with Gasteiger partial charge in [-0.25, -0.2) is 0 Å². The average Bonchev–Trinajstić information content (AvgIpc) is 3.27. The van der Waals surface area contributed by atoms with Gasteiger partial charge in [0.15, 0.2) is 0 Å². The Morgan fingerprint density at radius 2 is 0.971 bits per heavy atom. The second kappa shape index (κ2) is 8.35. The van der Waals surface area contributed by atoms with Gasteiger partial charge in [0.25, 0.3) is 0 Å². The smallest absolute Gasteiger partial charge is 0.135 e. The lowest BCUT2D eigenvalue weighted by molar-refractivity contribution is 0.669. The molecule has 0 atom stereocenters. The molecule has 1 aromatic heterocycles. The zero-order chi connectivity index (χ0) is 23.1. The van der Waals surface area contributed by atoms with Crippen molar-refractivity contribution in [3.8, 4) is 33.4 Å². The minimum absolute atomic E-state index is 0.548. The van der Waals surface area contributed by atoms with E-state index in [4.69, 9.17) is 4.42 Å². The summed E-state index contributed by atoms with van der Waals surface area (Å²) in [5.74, 6) is 0.548. The molecular weight excluding hydrogens is 412 g/mol. The zero-order valence-electron chi connectivity index (χ0n) is 19.5. The first-order valence-electron chi connectivity index (χ1n) is 11.9. The van der Waals surface area contributed by atoms with Crippen molar-refractivity contribution in [1.29, 1.82) is 0 Å². The van der Waals surface area contributed by atoms with Gasteiger partial charge in [0, 0.05) is 10.8 Å². The zero-order valence-corrected chi connectivity index (χ0v) is 19.5. The minimum atomic E-state index is 0.548. The molecule has 0 unspecified atom stereocenters. The summed E-state index contributed by atoms with van der Waals surface area (Å²) < 4.78 is 5.99. The second-order valence-corrected chi connectivity index (χ2v) is 9.24. The fourth-order valence-corrected chi connectivity index (χ4v) is 4.70. The lowest BCUT2D eigenvalue weighted by atomic mass is 9.95. The maximum Gasteiger partial charge on any atom is 0.135 e. The Bertz CT molecular complexity index is 1600. The van der Waals surface area contributed by atoms with E-state index in [2.05, 4.69) is 117 Å². The van der Waals surface area contributed by atoms with Gasteiger partial charge in [-0.2, -0.15) is 0 Å². The van der Waals surface area contributed by atoms with E-state index in [1.54, 1.807) is 0 Å². The molecular formula is C33H26O. The monoisotopic (exact) mass is 438 g/mol. The summed E-state index contributed by atoms with van der Waals surface area (Å²) in [6.45, 7) is 4.46. The third kappa shape index (κ3) is 3.70. The van der Waals surface area contributed by atoms with E-state index >= 15 is 0 Å². The Morgan fingerprint density at radius 3 is 1.62 bits per heavy atom. The molecule has 164 valence electrons. The van der Waals surface area contributed by atoms with Crippen LogP contribution in [0, 0.1) is 0 Å². The molecule has 0 N–H and O–H groups in total. The lowest BCUT2D eigenvalue weighted by Crippen LogP contribution is -1.87. The van der Waals surface area contributed by atoms with Crippen molar-refractivity contribution in [2.24, 2.45) is 0 Å². The van der Waals surface area contributed by atoms with Gasteiger partial charge < -0.3 is 4.42 Å². The number of hydrogen-bond donors (Lipinski definition) is 0. The van der Waals surface area contributed by atoms with Crippen LogP contribution in [-0.4, -0.2) is 0 Å². The van der Waals surface area contributed by atoms with Crippen LogP contribution in [0.1, 0.15) is 25.3 Å². The molecule has 0 saturated heterocycles. The first-order chi connectivity index (χ1) is 16.7. The number of furan rings is 1. The summed E-state index contributed by atoms with van der Waals surface area (Å²) >= 11 is 0. The highest BCUT2D eigenvalue weighted by atomic mass is 16.3. The van der Waals surface area contributed by atoms with E-state index in [1.165, 1.54) is 38.9 Å². The highest BCUT2D eigenvalue weighted by Gasteiger charge is 2.09. The van der Waals surface area contributed by atoms with Gasteiger partial charge in [0.05, 0.1) is 0 Å². The van der Waals surface area contributed by atoms with Crippen molar-refractivity contribution >= 4 is 21.9 Å². The van der Waals surface area contributed by atoms with Crippen LogP contribution in [-0.2, 0) is 0 Å². The highest BCUT2D eigenvalue weighted by molar-refractivity contribution is 6.06. The standard InChI is InChI=1S/C33H26O/c1-22(2)23-10-12-24(13-11-23)27-6-5-7-28(20-27)25-14-16-26(17-15-25)29-18-19-33-31(21-29)30-8-3-4-9-32(30)34-33/h3-22H,1-2H3. The number of fused-ring (bicyclic) bond motifs is 3. The predicted octanol–water partition coefficient (Wildman–Crippen LogP) is 9.71. The van der Waals surface area contributed by atoms with Crippen LogP contribution in [0.3, 0.4) is 0 Å². The average molecular weight is 439 g/mol. The van der Waals surface area contributed by atoms with Crippen molar-refractivity contribution in [1.82, 2.24) is 0 Å². The molecule has 0 saturated carbocycles. The summed E-state index contributed by atoms with van der Waals surface area (Å²) in [6.07, 6.45) is 0. The van der Waals surface area contributed by atoms with Gasteiger partial charge in [-0.15, -0.1) is 0 Å². The van der Waals surface area contributed by atoms with Crippen molar-refractivity contribution in [3.05, 3.63) is 121 Å². The topological polar surface area (TPSA) is 13.1 Å². The van der Waals surface area contributed by atoms with Gasteiger partial charge in [0.2, 0.25) is 0 Å². The van der Waals surface area contributed by atoms with Crippen LogP contribution in [0.4, 0.5) is 0 Å². The molecule has 34 heavy (non-hydrogen) atoms. The van der Waals surface area contributed by atoms with Crippen molar-refractivity contribution in [3.63, 3.8) is 0 Å². The lowest BCUT2D eigenvalue weighted by Gasteiger charge is -2.09. The third-order valence-electron chi connectivity index (χ3n) is 6.70. The van der Waals surface area contributed by atoms with Gasteiger partial charge in [0.1, 0.15) is 11.2 Å². The van der Waals surface area contributed by atoms with Crippen LogP contribution in [0.5, 0.6) is 0 Å². The minimum Gasteiger partial charge on any atom is -0.456 e. The first kappa shape index (κ1) is 20.5. The maximum atomic E-state index is 5.99. The van der Waals surface area contributed by atoms with Gasteiger partial charge in [-0.05, 0) is 69.1 Å². The molecule has 1 nitrogen and oxygen atoms in total. The van der Waals surface area contributed by atoms with Crippen LogP contribution >= 0.6 is 0 Å². The van der Waals surface area contributed by atoms with E-state index in [0.717, 1.165) is 21.9 Å². The quantitative estimate of drug-likeness (QED) is 0.267. The molecule has 1 heteroatoms. The molecule has 0 amide bonds. The fraction of sp³-hybridized carbons (Fsp3) is 0.0909. The number of benzene rings is 5. The summed E-state index contributed by atoms with van der Waals surface area (Å²) in [7, 11) is 0. The molecule has 1 heterocycles. The molecule has 0 aliphatic rings. The largest absolute Gasteiger partial charge is 0.456 e. The molecule has 6 rings (SSSR count). The van der Waals surface area contributed by atoms with Crippen LogP contribution < -0.4 is 0 Å². The van der Waals surface area contributed by atoms with Gasteiger partial charge >= 0.3 is 0 Å². The van der Waals surface area contributed by atoms with Crippen molar-refractivity contribution < 1.29 is 4.42 Å². The summed E-state index contributed by atoms with van der Waals surface area (Å²) in [5, 5.41) is 2.32. The molecule has 0 aliphatic carbocycles. The van der Waals surface area contributed by atoms with E-state index in [-0.39, 0.29) is 0 Å². The van der Waals surface area contributed by atoms with E-state index in [0.29, 0.717) is 5.92 Å². The maximum absolute atomic E-state index is 5.99. The predicted molar refractivity (Wildman–Crippen MR) is 144 cm³/mol. The molecule has 6 aromatic rings. The molecule has 0 bridgehead atoms. The Kier molecular flexibility index (Phi) is 5.04. The van der Waals surface area contributed by atoms with E-state index in [1.807, 2.05) is 12.1 Å². The number of para-hydroxylation sites is 1. The fourth-order valence-electron chi connectivity index (χ4n) is 4.70.